The fourth-order valence-electron chi connectivity index (χ4n) is 1.24. The number of aromatic nitrogens is 3. The number of ether oxygens (including phenoxy) is 2. The molecule has 0 saturated carbocycles. The van der Waals surface area contributed by atoms with Crippen molar-refractivity contribution in [1.82, 2.24) is 14.8 Å². The molecule has 1 heterocycles. The van der Waals surface area contributed by atoms with Crippen molar-refractivity contribution in [1.29, 1.82) is 0 Å². The van der Waals surface area contributed by atoms with Gasteiger partial charge in [-0.3, -0.25) is 9.36 Å². The van der Waals surface area contributed by atoms with Crippen LogP contribution in [0.3, 0.4) is 0 Å². The van der Waals surface area contributed by atoms with Gasteiger partial charge in [-0.1, -0.05) is 11.8 Å². The molecule has 0 spiro atoms. The second kappa shape index (κ2) is 6.39. The molecule has 7 nitrogen and oxygen atoms in total. The SMILES string of the molecule is COC(=O)[C@H](C)Sc1nncn1[C@@H](C)C(=O)OC. The summed E-state index contributed by atoms with van der Waals surface area (Å²) in [6.07, 6.45) is 1.42. The molecule has 2 atom stereocenters. The number of hydrogen-bond acceptors (Lipinski definition) is 7. The molecule has 0 unspecified atom stereocenters. The van der Waals surface area contributed by atoms with Crippen LogP contribution in [-0.2, 0) is 19.1 Å². The zero-order chi connectivity index (χ0) is 13.7. The van der Waals surface area contributed by atoms with Gasteiger partial charge in [-0.2, -0.15) is 0 Å². The Kier molecular flexibility index (Phi) is 5.14. The van der Waals surface area contributed by atoms with E-state index in [1.165, 1.54) is 32.3 Å². The van der Waals surface area contributed by atoms with Crippen LogP contribution in [0.1, 0.15) is 19.9 Å². The van der Waals surface area contributed by atoms with Gasteiger partial charge in [-0.15, -0.1) is 10.2 Å². The highest BCUT2D eigenvalue weighted by atomic mass is 32.2. The summed E-state index contributed by atoms with van der Waals surface area (Å²) in [6.45, 7) is 3.36. The fourth-order valence-corrected chi connectivity index (χ4v) is 2.17. The quantitative estimate of drug-likeness (QED) is 0.575. The van der Waals surface area contributed by atoms with Crippen LogP contribution in [0.2, 0.25) is 0 Å². The van der Waals surface area contributed by atoms with E-state index < -0.39 is 17.3 Å². The molecule has 0 aliphatic heterocycles. The maximum absolute atomic E-state index is 11.4. The van der Waals surface area contributed by atoms with Crippen molar-refractivity contribution in [3.8, 4) is 0 Å². The Morgan fingerprint density at radius 3 is 2.44 bits per heavy atom. The number of nitrogens with zero attached hydrogens (tertiary/aromatic N) is 3. The Balaban J connectivity index is 2.83. The van der Waals surface area contributed by atoms with E-state index in [2.05, 4.69) is 19.7 Å². The van der Waals surface area contributed by atoms with Gasteiger partial charge in [0.1, 0.15) is 17.6 Å². The molecule has 0 radical (unpaired) electrons. The number of thioether (sulfide) groups is 1. The summed E-state index contributed by atoms with van der Waals surface area (Å²) < 4.78 is 10.8. The van der Waals surface area contributed by atoms with E-state index >= 15 is 0 Å². The van der Waals surface area contributed by atoms with Gasteiger partial charge in [0.15, 0.2) is 5.16 Å². The van der Waals surface area contributed by atoms with Crippen LogP contribution >= 0.6 is 11.8 Å². The second-order valence-electron chi connectivity index (χ2n) is 3.50. The third-order valence-corrected chi connectivity index (χ3v) is 3.36. The van der Waals surface area contributed by atoms with Gasteiger partial charge >= 0.3 is 11.9 Å². The number of hydrogen-bond donors (Lipinski definition) is 0. The van der Waals surface area contributed by atoms with E-state index in [4.69, 9.17) is 0 Å². The molecule has 1 aromatic heterocycles. The van der Waals surface area contributed by atoms with Crippen molar-refractivity contribution in [2.24, 2.45) is 0 Å². The third kappa shape index (κ3) is 3.22. The minimum Gasteiger partial charge on any atom is -0.468 e. The first-order chi connectivity index (χ1) is 8.51. The van der Waals surface area contributed by atoms with E-state index in [1.54, 1.807) is 18.4 Å². The highest BCUT2D eigenvalue weighted by Gasteiger charge is 2.23. The monoisotopic (exact) mass is 273 g/mol. The van der Waals surface area contributed by atoms with Gasteiger partial charge in [-0.05, 0) is 13.8 Å². The fraction of sp³-hybridized carbons (Fsp3) is 0.600. The number of carbonyl (C=O) groups is 2. The van der Waals surface area contributed by atoms with Crippen LogP contribution in [0.15, 0.2) is 11.5 Å². The number of esters is 2. The van der Waals surface area contributed by atoms with E-state index in [0.717, 1.165) is 0 Å². The van der Waals surface area contributed by atoms with E-state index in [0.29, 0.717) is 5.16 Å². The highest BCUT2D eigenvalue weighted by Crippen LogP contribution is 2.24. The molecule has 8 heteroatoms. The maximum Gasteiger partial charge on any atom is 0.328 e. The second-order valence-corrected chi connectivity index (χ2v) is 4.81. The van der Waals surface area contributed by atoms with E-state index in [-0.39, 0.29) is 5.97 Å². The minimum absolute atomic E-state index is 0.361. The molecule has 0 bridgehead atoms. The lowest BCUT2D eigenvalue weighted by Crippen LogP contribution is -2.20. The molecule has 0 N–H and O–H groups in total. The molecule has 100 valence electrons. The van der Waals surface area contributed by atoms with Gasteiger partial charge in [-0.25, -0.2) is 4.79 Å². The van der Waals surface area contributed by atoms with Crippen molar-refractivity contribution >= 4 is 23.7 Å². The third-order valence-electron chi connectivity index (χ3n) is 2.32. The predicted molar refractivity (Wildman–Crippen MR) is 64.1 cm³/mol. The Morgan fingerprint density at radius 1 is 1.28 bits per heavy atom. The Labute approximate surface area is 109 Å². The Bertz CT molecular complexity index is 435. The van der Waals surface area contributed by atoms with Crippen molar-refractivity contribution < 1.29 is 19.1 Å². The van der Waals surface area contributed by atoms with Crippen LogP contribution in [0, 0.1) is 0 Å². The maximum atomic E-state index is 11.4. The molecule has 0 aliphatic rings. The molecule has 0 saturated heterocycles. The smallest absolute Gasteiger partial charge is 0.328 e. The number of methoxy groups -OCH3 is 2. The molecular weight excluding hydrogens is 258 g/mol. The Hall–Kier alpha value is -1.57. The zero-order valence-corrected chi connectivity index (χ0v) is 11.4. The lowest BCUT2D eigenvalue weighted by Gasteiger charge is -2.14. The van der Waals surface area contributed by atoms with Crippen molar-refractivity contribution in [3.05, 3.63) is 6.33 Å². The summed E-state index contributed by atoms with van der Waals surface area (Å²) in [5, 5.41) is 7.64. The molecule has 1 aromatic rings. The molecule has 0 amide bonds. The highest BCUT2D eigenvalue weighted by molar-refractivity contribution is 8.00. The molecule has 0 fully saturated rings. The van der Waals surface area contributed by atoms with E-state index in [9.17, 15) is 9.59 Å². The largest absolute Gasteiger partial charge is 0.468 e. The van der Waals surface area contributed by atoms with Gasteiger partial charge in [0.05, 0.1) is 14.2 Å². The first kappa shape index (κ1) is 14.5. The molecule has 1 rings (SSSR count). The lowest BCUT2D eigenvalue weighted by molar-refractivity contribution is -0.144. The van der Waals surface area contributed by atoms with Gasteiger partial charge in [0.25, 0.3) is 0 Å². The summed E-state index contributed by atoms with van der Waals surface area (Å²) in [5.41, 5.74) is 0. The average molecular weight is 273 g/mol. The minimum atomic E-state index is -0.544. The molecule has 0 aromatic carbocycles. The topological polar surface area (TPSA) is 83.3 Å². The number of carbonyl (C=O) groups excluding carboxylic acids is 2. The van der Waals surface area contributed by atoms with E-state index in [1.807, 2.05) is 0 Å². The summed E-state index contributed by atoms with van der Waals surface area (Å²) in [4.78, 5) is 22.8. The van der Waals surface area contributed by atoms with Gasteiger partial charge in [0, 0.05) is 0 Å². The van der Waals surface area contributed by atoms with Crippen LogP contribution in [0.5, 0.6) is 0 Å². The lowest BCUT2D eigenvalue weighted by atomic mass is 10.3. The summed E-state index contributed by atoms with van der Waals surface area (Å²) in [5.74, 6) is -0.761. The first-order valence-electron chi connectivity index (χ1n) is 5.23. The standard InChI is InChI=1S/C10H15N3O4S/c1-6(8(14)16-3)13-5-11-12-10(13)18-7(2)9(15)17-4/h5-7H,1-4H3/t6-,7-/m0/s1. The molecule has 0 aliphatic carbocycles. The van der Waals surface area contributed by atoms with Crippen LogP contribution in [0.25, 0.3) is 0 Å². The predicted octanol–water partition coefficient (Wildman–Crippen LogP) is 0.666. The van der Waals surface area contributed by atoms with Crippen molar-refractivity contribution in [2.45, 2.75) is 30.3 Å². The molecule has 18 heavy (non-hydrogen) atoms. The van der Waals surface area contributed by atoms with Gasteiger partial charge in [0.2, 0.25) is 0 Å². The number of rotatable bonds is 5. The summed E-state index contributed by atoms with van der Waals surface area (Å²) in [7, 11) is 2.63. The molecular formula is C10H15N3O4S. The summed E-state index contributed by atoms with van der Waals surface area (Å²) in [6, 6.07) is -0.544. The van der Waals surface area contributed by atoms with Crippen molar-refractivity contribution in [2.75, 3.05) is 14.2 Å². The van der Waals surface area contributed by atoms with Gasteiger partial charge < -0.3 is 9.47 Å². The first-order valence-corrected chi connectivity index (χ1v) is 6.11. The Morgan fingerprint density at radius 2 is 1.89 bits per heavy atom. The normalized spacial score (nSPS) is 13.8. The zero-order valence-electron chi connectivity index (χ0n) is 10.6. The van der Waals surface area contributed by atoms with Crippen LogP contribution < -0.4 is 0 Å². The average Bonchev–Trinajstić information content (AvgIpc) is 2.83. The summed E-state index contributed by atoms with van der Waals surface area (Å²) >= 11 is 1.17. The van der Waals surface area contributed by atoms with Crippen LogP contribution in [0.4, 0.5) is 0 Å². The van der Waals surface area contributed by atoms with Crippen LogP contribution in [-0.4, -0.2) is 46.2 Å². The van der Waals surface area contributed by atoms with Crippen molar-refractivity contribution in [3.63, 3.8) is 0 Å².